The monoisotopic (exact) mass is 848 g/mol. The van der Waals surface area contributed by atoms with Gasteiger partial charge in [-0.3, -0.25) is 19.6 Å². The van der Waals surface area contributed by atoms with Crippen molar-refractivity contribution in [2.45, 2.75) is 0 Å². The van der Waals surface area contributed by atoms with Crippen molar-refractivity contribution in [3.05, 3.63) is 0 Å². The molecule has 0 heterocycles. The first-order valence-corrected chi connectivity index (χ1v) is 13.6. The van der Waals surface area contributed by atoms with Crippen LogP contribution in [0, 0.1) is 0 Å². The Balaban J connectivity index is -0.0000000635. The van der Waals surface area contributed by atoms with Gasteiger partial charge in [0.25, 0.3) is 0 Å². The molecule has 0 saturated carbocycles. The van der Waals surface area contributed by atoms with Crippen LogP contribution in [-0.2, 0) is 68.3 Å². The van der Waals surface area contributed by atoms with Crippen molar-refractivity contribution < 1.29 is 130 Å². The van der Waals surface area contributed by atoms with Gasteiger partial charge in [-0.2, -0.15) is 0 Å². The fourth-order valence-corrected chi connectivity index (χ4v) is 3.06. The molecule has 0 aliphatic rings. The fourth-order valence-electron chi connectivity index (χ4n) is 3.06. The third-order valence-electron chi connectivity index (χ3n) is 5.01. The Labute approximate surface area is 305 Å². The molecule has 44 heavy (non-hydrogen) atoms. The topological polar surface area (TPSA) is 278 Å². The summed E-state index contributed by atoms with van der Waals surface area (Å²) in [5.74, 6) is 0. The number of aliphatic hydroxyl groups excluding tert-OH is 4. The van der Waals surface area contributed by atoms with Crippen molar-refractivity contribution in [3.63, 3.8) is 0 Å². The van der Waals surface area contributed by atoms with Crippen LogP contribution in [0.5, 0.6) is 0 Å². The second-order valence-electron chi connectivity index (χ2n) is 8.08. The van der Waals surface area contributed by atoms with E-state index in [0.717, 1.165) is 0 Å². The first kappa shape index (κ1) is 64.0. The van der Waals surface area contributed by atoms with E-state index in [2.05, 4.69) is 0 Å². The van der Waals surface area contributed by atoms with Crippen molar-refractivity contribution in [3.8, 4) is 0 Å². The summed E-state index contributed by atoms with van der Waals surface area (Å²) in [4.78, 5) is 7.17. The van der Waals surface area contributed by atoms with Crippen molar-refractivity contribution >= 4 is 0 Å². The predicted octanol–water partition coefficient (Wildman–Crippen LogP) is -10.5. The minimum absolute atomic E-state index is 0. The van der Waals surface area contributed by atoms with E-state index in [9.17, 15) is 20.4 Å². The normalized spacial score (nSPS) is 9.82. The summed E-state index contributed by atoms with van der Waals surface area (Å²) in [5.41, 5.74) is 0. The molecule has 12 N–H and O–H groups in total. The Morgan fingerprint density at radius 1 is 0.318 bits per heavy atom. The molecule has 4 radical (unpaired) electrons. The van der Waals surface area contributed by atoms with Gasteiger partial charge in [0.05, 0.1) is 52.6 Å². The van der Waals surface area contributed by atoms with E-state index in [-0.39, 0.29) is 121 Å². The minimum atomic E-state index is -0.153. The second-order valence-corrected chi connectivity index (χ2v) is 8.08. The molecule has 0 saturated heterocycles. The Kier molecular flexibility index (Phi) is 87.0. The van der Waals surface area contributed by atoms with Crippen LogP contribution in [0.1, 0.15) is 0 Å². The van der Waals surface area contributed by atoms with Crippen LogP contribution in [0.15, 0.2) is 0 Å². The molecule has 0 aliphatic heterocycles. The van der Waals surface area contributed by atoms with Crippen LogP contribution in [0.25, 0.3) is 0 Å². The maximum absolute atomic E-state index is 10.1. The minimum Gasteiger partial charge on any atom is -0.854 e. The summed E-state index contributed by atoms with van der Waals surface area (Å²) in [5, 5.41) is 102. The van der Waals surface area contributed by atoms with Gasteiger partial charge in [0, 0.05) is 26.2 Å². The number of aliphatic hydroxyl groups is 4. The molecule has 0 amide bonds. The number of nitrogens with zero attached hydrogens (tertiary/aromatic N) is 4. The first-order valence-electron chi connectivity index (χ1n) is 13.6. The van der Waals surface area contributed by atoms with Gasteiger partial charge in [-0.15, -0.1) is 26.4 Å². The molecule has 0 aromatic carbocycles. The summed E-state index contributed by atoms with van der Waals surface area (Å²) >= 11 is 0. The zero-order chi connectivity index (χ0) is 31.3. The molecule has 0 bridgehead atoms. The van der Waals surface area contributed by atoms with Gasteiger partial charge < -0.3 is 61.3 Å². The maximum atomic E-state index is 10.1. The van der Waals surface area contributed by atoms with Crippen molar-refractivity contribution in [1.29, 1.82) is 0 Å². The second kappa shape index (κ2) is 59.8. The van der Waals surface area contributed by atoms with E-state index in [1.807, 2.05) is 0 Å². The summed E-state index contributed by atoms with van der Waals surface area (Å²) in [7, 11) is 0. The molecule has 0 rings (SSSR count). The summed E-state index contributed by atoms with van der Waals surface area (Å²) in [6.45, 7) is 7.01. The standard InChI is InChI=1S/4C6H14NO3.4Cu/c4*8-4-1-7(2-5-9)3-6-10;;;;/h4*8-9H,1-6H2;;;;/q4*-1;4*+2/p+4. The van der Waals surface area contributed by atoms with Crippen LogP contribution in [0.4, 0.5) is 0 Å². The Morgan fingerprint density at radius 3 is 0.568 bits per heavy atom. The molecule has 0 unspecified atom stereocenters. The van der Waals surface area contributed by atoms with Crippen LogP contribution < -0.4 is 20.4 Å². The summed E-state index contributed by atoms with van der Waals surface area (Å²) in [6.07, 6.45) is 0. The zero-order valence-electron chi connectivity index (χ0n) is 25.4. The molecule has 0 spiro atoms. The third kappa shape index (κ3) is 55.8. The predicted molar refractivity (Wildman–Crippen MR) is 147 cm³/mol. The Bertz CT molecular complexity index is 314. The van der Waals surface area contributed by atoms with Gasteiger partial charge >= 0.3 is 68.3 Å². The van der Waals surface area contributed by atoms with E-state index in [1.54, 1.807) is 19.6 Å². The maximum Gasteiger partial charge on any atom is 2.00 e. The first-order chi connectivity index (χ1) is 19.4. The SMILES string of the molecule is [Cu+2].[Cu+2].[Cu+2].[Cu+2].[O-]CCN(CCO)CC[OH2+].[O-]CCN(CCO)CC[OH2+].[O-]CCN(CCO)CC[OH2+].[O-]CCN(CCO)CC[OH2+]. The molecule has 284 valence electrons. The van der Waals surface area contributed by atoms with E-state index in [4.69, 9.17) is 40.9 Å². The van der Waals surface area contributed by atoms with Gasteiger partial charge in [-0.25, -0.2) is 0 Å². The van der Waals surface area contributed by atoms with Crippen LogP contribution >= 0.6 is 0 Å². The fraction of sp³-hybridized carbons (Fsp3) is 1.00. The van der Waals surface area contributed by atoms with Gasteiger partial charge in [-0.05, 0) is 26.2 Å². The smallest absolute Gasteiger partial charge is 0.854 e. The van der Waals surface area contributed by atoms with Crippen molar-refractivity contribution in [2.75, 3.05) is 158 Å². The molecule has 0 aromatic heterocycles. The molecular weight excluding hydrogens is 790 g/mol. The van der Waals surface area contributed by atoms with Crippen LogP contribution in [-0.4, -0.2) is 218 Å². The Hall–Kier alpha value is 1.44. The average molecular weight is 851 g/mol. The van der Waals surface area contributed by atoms with Crippen molar-refractivity contribution in [2.24, 2.45) is 0 Å². The van der Waals surface area contributed by atoms with Gasteiger partial charge in [0.15, 0.2) is 26.4 Å². The molecule has 0 aliphatic carbocycles. The third-order valence-corrected chi connectivity index (χ3v) is 5.01. The molecule has 16 nitrogen and oxygen atoms in total. The van der Waals surface area contributed by atoms with E-state index in [1.165, 1.54) is 0 Å². The van der Waals surface area contributed by atoms with E-state index < -0.39 is 0 Å². The van der Waals surface area contributed by atoms with Crippen LogP contribution in [0.3, 0.4) is 0 Å². The van der Waals surface area contributed by atoms with Gasteiger partial charge in [-0.1, -0.05) is 0 Å². The Morgan fingerprint density at radius 2 is 0.477 bits per heavy atom. The molecule has 20 heteroatoms. The summed E-state index contributed by atoms with van der Waals surface area (Å²) < 4.78 is 0. The van der Waals surface area contributed by atoms with Gasteiger partial charge in [0.2, 0.25) is 0 Å². The number of rotatable bonds is 24. The quantitative estimate of drug-likeness (QED) is 0.0521. The molecule has 0 fully saturated rings. The average Bonchev–Trinajstić information content (AvgIpc) is 2.92. The zero-order valence-corrected chi connectivity index (χ0v) is 29.2. The number of hydrogen-bond donors (Lipinski definition) is 4. The largest absolute Gasteiger partial charge is 2.00 e. The molecule has 0 aromatic rings. The van der Waals surface area contributed by atoms with E-state index >= 15 is 0 Å². The summed E-state index contributed by atoms with van der Waals surface area (Å²) in [6, 6.07) is 0. The van der Waals surface area contributed by atoms with Crippen molar-refractivity contribution in [1.82, 2.24) is 19.6 Å². The van der Waals surface area contributed by atoms with Gasteiger partial charge in [0.1, 0.15) is 0 Å². The number of hydrogen-bond acceptors (Lipinski definition) is 12. The van der Waals surface area contributed by atoms with E-state index in [0.29, 0.717) is 105 Å². The molecule has 0 atom stereocenters. The van der Waals surface area contributed by atoms with Crippen LogP contribution in [0.2, 0.25) is 0 Å². The molecular formula is C24H60Cu4N4O12+8.